The Morgan fingerprint density at radius 2 is 1.71 bits per heavy atom. The minimum atomic E-state index is -3.93. The standard InChI is InChI=1S/C25H27N3O5S/c1-18-9-13-22(14-10-18)34(30,31)28-23(15-19-7-5-4-6-8-19)25(29)27-26-17-20-11-12-21(32-2)16-24(20)33-3/h4-14,16-17,23,28H,15H2,1-3H3,(H,27,29)/b26-17-/t23-/m0/s1. The second kappa shape index (κ2) is 11.4. The molecule has 34 heavy (non-hydrogen) atoms. The average molecular weight is 482 g/mol. The first-order chi connectivity index (χ1) is 16.3. The lowest BCUT2D eigenvalue weighted by molar-refractivity contribution is -0.122. The maximum Gasteiger partial charge on any atom is 0.258 e. The van der Waals surface area contributed by atoms with Gasteiger partial charge in [0.15, 0.2) is 0 Å². The molecule has 0 aliphatic rings. The molecule has 0 heterocycles. The molecule has 0 saturated heterocycles. The largest absolute Gasteiger partial charge is 0.497 e. The van der Waals surface area contributed by atoms with E-state index in [1.54, 1.807) is 37.4 Å². The molecule has 3 rings (SSSR count). The average Bonchev–Trinajstić information content (AvgIpc) is 2.84. The van der Waals surface area contributed by atoms with Gasteiger partial charge in [-0.3, -0.25) is 4.79 Å². The van der Waals surface area contributed by atoms with Crippen LogP contribution in [0.4, 0.5) is 0 Å². The Morgan fingerprint density at radius 3 is 2.35 bits per heavy atom. The fourth-order valence-corrected chi connectivity index (χ4v) is 4.37. The minimum Gasteiger partial charge on any atom is -0.497 e. The highest BCUT2D eigenvalue weighted by molar-refractivity contribution is 7.89. The van der Waals surface area contributed by atoms with Crippen LogP contribution in [0.2, 0.25) is 0 Å². The van der Waals surface area contributed by atoms with Gasteiger partial charge >= 0.3 is 0 Å². The molecule has 0 aliphatic carbocycles. The lowest BCUT2D eigenvalue weighted by Crippen LogP contribution is -2.46. The Balaban J connectivity index is 1.79. The van der Waals surface area contributed by atoms with Gasteiger partial charge in [0.05, 0.1) is 25.3 Å². The molecule has 2 N–H and O–H groups in total. The molecule has 1 atom stereocenters. The molecule has 0 saturated carbocycles. The maximum absolute atomic E-state index is 13.0. The molecule has 0 bridgehead atoms. The number of nitrogens with zero attached hydrogens (tertiary/aromatic N) is 1. The summed E-state index contributed by atoms with van der Waals surface area (Å²) in [5.74, 6) is 0.535. The zero-order valence-corrected chi connectivity index (χ0v) is 20.0. The number of amides is 1. The number of ether oxygens (including phenoxy) is 2. The van der Waals surface area contributed by atoms with Gasteiger partial charge in [-0.2, -0.15) is 9.82 Å². The number of nitrogens with one attached hydrogen (secondary N) is 2. The number of carbonyl (C=O) groups excluding carboxylic acids is 1. The number of methoxy groups -OCH3 is 2. The Bertz CT molecular complexity index is 1240. The summed E-state index contributed by atoms with van der Waals surface area (Å²) >= 11 is 0. The highest BCUT2D eigenvalue weighted by atomic mass is 32.2. The van der Waals surface area contributed by atoms with Crippen molar-refractivity contribution in [1.29, 1.82) is 0 Å². The third-order valence-corrected chi connectivity index (χ3v) is 6.53. The molecule has 0 aromatic heterocycles. The topological polar surface area (TPSA) is 106 Å². The number of hydrogen-bond acceptors (Lipinski definition) is 6. The summed E-state index contributed by atoms with van der Waals surface area (Å²) in [5, 5.41) is 4.00. The second-order valence-electron chi connectivity index (χ2n) is 7.52. The predicted octanol–water partition coefficient (Wildman–Crippen LogP) is 3.05. The van der Waals surface area contributed by atoms with Crippen molar-refractivity contribution in [3.8, 4) is 11.5 Å². The van der Waals surface area contributed by atoms with Gasteiger partial charge in [0.1, 0.15) is 17.5 Å². The van der Waals surface area contributed by atoms with Crippen molar-refractivity contribution in [1.82, 2.24) is 10.1 Å². The van der Waals surface area contributed by atoms with E-state index in [1.165, 1.54) is 25.5 Å². The van der Waals surface area contributed by atoms with E-state index in [2.05, 4.69) is 15.2 Å². The number of rotatable bonds is 10. The van der Waals surface area contributed by atoms with Gasteiger partial charge in [0, 0.05) is 11.6 Å². The summed E-state index contributed by atoms with van der Waals surface area (Å²) in [7, 11) is -0.870. The number of hydrogen-bond donors (Lipinski definition) is 2. The molecule has 0 aliphatic heterocycles. The fourth-order valence-electron chi connectivity index (χ4n) is 3.18. The Labute approximate surface area is 199 Å². The SMILES string of the molecule is COc1ccc(/C=N\NC(=O)[C@H](Cc2ccccc2)NS(=O)(=O)c2ccc(C)cc2)c(OC)c1. The molecule has 8 nitrogen and oxygen atoms in total. The summed E-state index contributed by atoms with van der Waals surface area (Å²) in [6, 6.07) is 19.6. The first kappa shape index (κ1) is 24.9. The number of aryl methyl sites for hydroxylation is 1. The third kappa shape index (κ3) is 6.66. The van der Waals surface area contributed by atoms with Crippen LogP contribution in [0, 0.1) is 6.92 Å². The predicted molar refractivity (Wildman–Crippen MR) is 131 cm³/mol. The molecule has 0 fully saturated rings. The molecule has 1 amide bonds. The summed E-state index contributed by atoms with van der Waals surface area (Å²) in [4.78, 5) is 13.0. The van der Waals surface area contributed by atoms with Crippen molar-refractivity contribution >= 4 is 22.1 Å². The Hall–Kier alpha value is -3.69. The van der Waals surface area contributed by atoms with Crippen LogP contribution in [-0.4, -0.2) is 40.8 Å². The fraction of sp³-hybridized carbons (Fsp3) is 0.200. The van der Waals surface area contributed by atoms with Crippen LogP contribution >= 0.6 is 0 Å². The van der Waals surface area contributed by atoms with Crippen molar-refractivity contribution in [3.05, 3.63) is 89.5 Å². The second-order valence-corrected chi connectivity index (χ2v) is 9.23. The quantitative estimate of drug-likeness (QED) is 0.342. The van der Waals surface area contributed by atoms with Crippen molar-refractivity contribution < 1.29 is 22.7 Å². The Kier molecular flexibility index (Phi) is 8.39. The van der Waals surface area contributed by atoms with Gasteiger partial charge in [-0.1, -0.05) is 48.0 Å². The zero-order valence-electron chi connectivity index (χ0n) is 19.2. The molecule has 9 heteroatoms. The van der Waals surface area contributed by atoms with Crippen LogP contribution in [0.5, 0.6) is 11.5 Å². The third-order valence-electron chi connectivity index (χ3n) is 5.05. The smallest absolute Gasteiger partial charge is 0.258 e. The molecule has 0 radical (unpaired) electrons. The van der Waals surface area contributed by atoms with Crippen LogP contribution in [0.1, 0.15) is 16.7 Å². The highest BCUT2D eigenvalue weighted by Crippen LogP contribution is 2.23. The van der Waals surface area contributed by atoms with E-state index in [-0.39, 0.29) is 11.3 Å². The molecule has 3 aromatic rings. The minimum absolute atomic E-state index is 0.0791. The van der Waals surface area contributed by atoms with Crippen LogP contribution in [0.15, 0.2) is 82.8 Å². The van der Waals surface area contributed by atoms with Gasteiger partial charge in [0.2, 0.25) is 10.0 Å². The van der Waals surface area contributed by atoms with Gasteiger partial charge < -0.3 is 9.47 Å². The first-order valence-corrected chi connectivity index (χ1v) is 12.0. The summed E-state index contributed by atoms with van der Waals surface area (Å²) in [6.07, 6.45) is 1.57. The first-order valence-electron chi connectivity index (χ1n) is 10.5. The summed E-state index contributed by atoms with van der Waals surface area (Å²) in [5.41, 5.74) is 4.78. The Morgan fingerprint density at radius 1 is 1.00 bits per heavy atom. The van der Waals surface area contributed by atoms with Crippen LogP contribution in [0.3, 0.4) is 0 Å². The number of sulfonamides is 1. The van der Waals surface area contributed by atoms with Crippen molar-refractivity contribution in [2.24, 2.45) is 5.10 Å². The molecule has 0 spiro atoms. The van der Waals surface area contributed by atoms with Crippen molar-refractivity contribution in [2.75, 3.05) is 14.2 Å². The van der Waals surface area contributed by atoms with E-state index in [0.717, 1.165) is 11.1 Å². The molecule has 178 valence electrons. The highest BCUT2D eigenvalue weighted by Gasteiger charge is 2.26. The summed E-state index contributed by atoms with van der Waals surface area (Å²) < 4.78 is 38.9. The van der Waals surface area contributed by atoms with E-state index < -0.39 is 22.0 Å². The van der Waals surface area contributed by atoms with Crippen LogP contribution in [0.25, 0.3) is 0 Å². The molecule has 0 unspecified atom stereocenters. The van der Waals surface area contributed by atoms with Gasteiger partial charge in [-0.05, 0) is 43.2 Å². The van der Waals surface area contributed by atoms with E-state index in [0.29, 0.717) is 17.1 Å². The monoisotopic (exact) mass is 481 g/mol. The summed E-state index contributed by atoms with van der Waals surface area (Å²) in [6.45, 7) is 1.87. The zero-order chi connectivity index (χ0) is 24.6. The van der Waals surface area contributed by atoms with E-state index in [1.807, 2.05) is 37.3 Å². The lowest BCUT2D eigenvalue weighted by atomic mass is 10.1. The lowest BCUT2D eigenvalue weighted by Gasteiger charge is -2.17. The van der Waals surface area contributed by atoms with Crippen molar-refractivity contribution in [3.63, 3.8) is 0 Å². The van der Waals surface area contributed by atoms with E-state index >= 15 is 0 Å². The normalized spacial score (nSPS) is 12.3. The van der Waals surface area contributed by atoms with Crippen molar-refractivity contribution in [2.45, 2.75) is 24.3 Å². The van der Waals surface area contributed by atoms with E-state index in [4.69, 9.17) is 9.47 Å². The van der Waals surface area contributed by atoms with Gasteiger partial charge in [0.25, 0.3) is 5.91 Å². The number of carbonyl (C=O) groups is 1. The van der Waals surface area contributed by atoms with Gasteiger partial charge in [-0.25, -0.2) is 13.8 Å². The van der Waals surface area contributed by atoms with Gasteiger partial charge in [-0.15, -0.1) is 0 Å². The van der Waals surface area contributed by atoms with E-state index in [9.17, 15) is 13.2 Å². The van der Waals surface area contributed by atoms with Crippen LogP contribution in [-0.2, 0) is 21.2 Å². The number of benzene rings is 3. The number of hydrazone groups is 1. The maximum atomic E-state index is 13.0. The molecular weight excluding hydrogens is 454 g/mol. The van der Waals surface area contributed by atoms with Crippen LogP contribution < -0.4 is 19.6 Å². The molecular formula is C25H27N3O5S. The molecule has 3 aromatic carbocycles.